The maximum Gasteiger partial charge on any atom is 0.243 e. The summed E-state index contributed by atoms with van der Waals surface area (Å²) in [6, 6.07) is 5.52. The third-order valence-corrected chi connectivity index (χ3v) is 6.01. The van der Waals surface area contributed by atoms with Crippen LogP contribution in [-0.4, -0.2) is 58.6 Å². The van der Waals surface area contributed by atoms with Crippen LogP contribution in [-0.2, 0) is 14.4 Å². The molecule has 0 spiro atoms. The van der Waals surface area contributed by atoms with Crippen LogP contribution in [0.25, 0.3) is 0 Å². The number of benzene rings is 1. The molecule has 3 amide bonds. The van der Waals surface area contributed by atoms with Crippen LogP contribution in [0.3, 0.4) is 0 Å². The lowest BCUT2D eigenvalue weighted by atomic mass is 9.91. The topological polar surface area (TPSA) is 125 Å². The van der Waals surface area contributed by atoms with Crippen molar-refractivity contribution in [3.05, 3.63) is 53.2 Å². The number of aliphatic hydroxyl groups is 1. The fraction of sp³-hybridized carbons (Fsp3) is 0.500. The fourth-order valence-electron chi connectivity index (χ4n) is 4.25. The molecule has 1 aromatic carbocycles. The van der Waals surface area contributed by atoms with Crippen molar-refractivity contribution >= 4 is 17.7 Å². The molecule has 9 nitrogen and oxygen atoms in total. The first-order valence-corrected chi connectivity index (χ1v) is 11.3. The molecule has 0 saturated carbocycles. The van der Waals surface area contributed by atoms with Crippen molar-refractivity contribution in [3.63, 3.8) is 0 Å². The van der Waals surface area contributed by atoms with E-state index in [-0.39, 0.29) is 37.1 Å². The molecule has 1 saturated heterocycles. The van der Waals surface area contributed by atoms with E-state index in [9.17, 15) is 23.9 Å². The summed E-state index contributed by atoms with van der Waals surface area (Å²) >= 11 is 0. The van der Waals surface area contributed by atoms with Crippen LogP contribution in [0.1, 0.15) is 55.7 Å². The minimum absolute atomic E-state index is 0.00389. The van der Waals surface area contributed by atoms with Crippen molar-refractivity contribution < 1.29 is 28.4 Å². The summed E-state index contributed by atoms with van der Waals surface area (Å²) in [5, 5.41) is 19.5. The summed E-state index contributed by atoms with van der Waals surface area (Å²) in [7, 11) is 1.48. The highest BCUT2D eigenvalue weighted by molar-refractivity contribution is 5.91. The number of likely N-dealkylation sites (tertiary alicyclic amines) is 1. The number of rotatable bonds is 8. The number of β-amino-alcohol motifs (C(OH)–C–C–N with tert-alkyl or cyclic N) is 1. The molecule has 34 heavy (non-hydrogen) atoms. The molecule has 3 rings (SSSR count). The molecule has 3 N–H and O–H groups in total. The second kappa shape index (κ2) is 10.8. The molecule has 1 fully saturated rings. The summed E-state index contributed by atoms with van der Waals surface area (Å²) in [5.74, 6) is -1.99. The van der Waals surface area contributed by atoms with Gasteiger partial charge in [-0.1, -0.05) is 31.1 Å². The Bertz CT molecular complexity index is 1020. The Morgan fingerprint density at radius 3 is 2.50 bits per heavy atom. The van der Waals surface area contributed by atoms with E-state index in [1.54, 1.807) is 13.0 Å². The molecule has 2 heterocycles. The van der Waals surface area contributed by atoms with Gasteiger partial charge in [0.15, 0.2) is 0 Å². The van der Waals surface area contributed by atoms with Crippen molar-refractivity contribution in [1.82, 2.24) is 20.7 Å². The Hall–Kier alpha value is -3.27. The zero-order valence-corrected chi connectivity index (χ0v) is 19.7. The number of aryl methyl sites for hydroxylation is 1. The third kappa shape index (κ3) is 5.80. The Kier molecular flexibility index (Phi) is 8.03. The predicted molar refractivity (Wildman–Crippen MR) is 121 cm³/mol. The quantitative estimate of drug-likeness (QED) is 0.536. The van der Waals surface area contributed by atoms with E-state index in [0.29, 0.717) is 17.0 Å². The van der Waals surface area contributed by atoms with Crippen LogP contribution in [0.4, 0.5) is 4.39 Å². The molecule has 0 aliphatic carbocycles. The molecule has 4 unspecified atom stereocenters. The molecule has 0 radical (unpaired) electrons. The number of carbonyl (C=O) groups is 3. The molecule has 1 aliphatic rings. The zero-order chi connectivity index (χ0) is 25.0. The number of amides is 3. The highest BCUT2D eigenvalue weighted by atomic mass is 19.1. The molecular weight excluding hydrogens is 443 g/mol. The van der Waals surface area contributed by atoms with Crippen molar-refractivity contribution in [3.8, 4) is 0 Å². The summed E-state index contributed by atoms with van der Waals surface area (Å²) in [6.07, 6.45) is -0.871. The van der Waals surface area contributed by atoms with Crippen LogP contribution >= 0.6 is 0 Å². The maximum absolute atomic E-state index is 13.5. The first kappa shape index (κ1) is 25.4. The number of aromatic nitrogens is 1. The van der Waals surface area contributed by atoms with Gasteiger partial charge in [-0.25, -0.2) is 4.39 Å². The number of nitrogens with one attached hydrogen (secondary N) is 2. The van der Waals surface area contributed by atoms with E-state index < -0.39 is 35.8 Å². The van der Waals surface area contributed by atoms with Crippen LogP contribution < -0.4 is 10.6 Å². The van der Waals surface area contributed by atoms with Gasteiger partial charge >= 0.3 is 0 Å². The molecule has 2 aromatic rings. The second-order valence-corrected chi connectivity index (χ2v) is 8.98. The molecular formula is C24H31FN4O5. The molecule has 1 aliphatic heterocycles. The Balaban J connectivity index is 1.83. The van der Waals surface area contributed by atoms with Gasteiger partial charge in [0.1, 0.15) is 23.5 Å². The highest BCUT2D eigenvalue weighted by Crippen LogP contribution is 2.31. The van der Waals surface area contributed by atoms with E-state index >= 15 is 0 Å². The second-order valence-electron chi connectivity index (χ2n) is 8.98. The number of hydrogen-bond acceptors (Lipinski definition) is 6. The zero-order valence-electron chi connectivity index (χ0n) is 19.7. The lowest BCUT2D eigenvalue weighted by Gasteiger charge is -2.30. The summed E-state index contributed by atoms with van der Waals surface area (Å²) in [5.41, 5.74) is 1.19. The van der Waals surface area contributed by atoms with Crippen molar-refractivity contribution in [2.75, 3.05) is 13.6 Å². The average Bonchev–Trinajstić information content (AvgIpc) is 3.39. The summed E-state index contributed by atoms with van der Waals surface area (Å²) < 4.78 is 18.7. The smallest absolute Gasteiger partial charge is 0.243 e. The Morgan fingerprint density at radius 2 is 1.94 bits per heavy atom. The van der Waals surface area contributed by atoms with Crippen molar-refractivity contribution in [2.45, 2.75) is 57.7 Å². The van der Waals surface area contributed by atoms with Crippen molar-refractivity contribution in [2.24, 2.45) is 5.92 Å². The first-order chi connectivity index (χ1) is 16.1. The van der Waals surface area contributed by atoms with Crippen molar-refractivity contribution in [1.29, 1.82) is 0 Å². The summed E-state index contributed by atoms with van der Waals surface area (Å²) in [6.45, 7) is 5.50. The van der Waals surface area contributed by atoms with E-state index in [1.807, 2.05) is 13.8 Å². The number of nitrogens with zero attached hydrogens (tertiary/aromatic N) is 2. The predicted octanol–water partition coefficient (Wildman–Crippen LogP) is 1.82. The molecule has 184 valence electrons. The monoisotopic (exact) mass is 474 g/mol. The minimum Gasteiger partial charge on any atom is -0.391 e. The largest absolute Gasteiger partial charge is 0.391 e. The number of halogens is 1. The molecule has 4 atom stereocenters. The summed E-state index contributed by atoms with van der Waals surface area (Å²) in [4.78, 5) is 40.2. The van der Waals surface area contributed by atoms with Gasteiger partial charge in [0, 0.05) is 26.1 Å². The molecule has 1 aromatic heterocycles. The van der Waals surface area contributed by atoms with Gasteiger partial charge in [0.25, 0.3) is 0 Å². The van der Waals surface area contributed by atoms with E-state index in [1.165, 1.54) is 36.2 Å². The van der Waals surface area contributed by atoms with Crippen LogP contribution in [0, 0.1) is 18.7 Å². The third-order valence-electron chi connectivity index (χ3n) is 6.01. The first-order valence-electron chi connectivity index (χ1n) is 11.3. The number of hydrogen-bond donors (Lipinski definition) is 3. The van der Waals surface area contributed by atoms with Gasteiger partial charge in [-0.3, -0.25) is 14.4 Å². The van der Waals surface area contributed by atoms with Crippen LogP contribution in [0.5, 0.6) is 0 Å². The Morgan fingerprint density at radius 1 is 1.26 bits per heavy atom. The van der Waals surface area contributed by atoms with E-state index in [2.05, 4.69) is 15.8 Å². The van der Waals surface area contributed by atoms with Gasteiger partial charge in [0.05, 0.1) is 24.3 Å². The number of carbonyl (C=O) groups excluding carboxylic acids is 3. The minimum atomic E-state index is -0.930. The average molecular weight is 475 g/mol. The molecule has 10 heteroatoms. The van der Waals surface area contributed by atoms with Gasteiger partial charge in [0.2, 0.25) is 17.7 Å². The van der Waals surface area contributed by atoms with E-state index in [0.717, 1.165) is 0 Å². The van der Waals surface area contributed by atoms with Gasteiger partial charge in [-0.05, 0) is 30.5 Å². The Labute approximate surface area is 197 Å². The van der Waals surface area contributed by atoms with Crippen LogP contribution in [0.15, 0.2) is 34.9 Å². The normalized spacial score (nSPS) is 19.7. The lowest BCUT2D eigenvalue weighted by Crippen LogP contribution is -2.49. The van der Waals surface area contributed by atoms with Gasteiger partial charge in [-0.2, -0.15) is 0 Å². The standard InChI is InChI=1S/C24H31FN4O5/c1-13(2)22(20-9-14(3)28-34-20)24(33)29-12-17(30)10-19(29)23(32)27-18(11-21(31)26-4)15-5-7-16(25)8-6-15/h5-9,13,17-19,22,30H,10-12H2,1-4H3,(H,26,31)(H,27,32). The fourth-order valence-corrected chi connectivity index (χ4v) is 4.25. The van der Waals surface area contributed by atoms with Crippen LogP contribution in [0.2, 0.25) is 0 Å². The van der Waals surface area contributed by atoms with E-state index in [4.69, 9.17) is 4.52 Å². The molecule has 0 bridgehead atoms. The van der Waals surface area contributed by atoms with Gasteiger partial charge < -0.3 is 25.2 Å². The SMILES string of the molecule is CNC(=O)CC(NC(=O)C1CC(O)CN1C(=O)C(c1cc(C)no1)C(C)C)c1ccc(F)cc1. The van der Waals surface area contributed by atoms with Gasteiger partial charge in [-0.15, -0.1) is 0 Å². The maximum atomic E-state index is 13.5. The number of aliphatic hydroxyl groups excluding tert-OH is 1. The highest BCUT2D eigenvalue weighted by Gasteiger charge is 2.43. The lowest BCUT2D eigenvalue weighted by molar-refractivity contribution is -0.141.